The third-order valence-electron chi connectivity index (χ3n) is 5.86. The molecule has 0 rings (SSSR count). The van der Waals surface area contributed by atoms with Crippen molar-refractivity contribution >= 4 is 12.4 Å². The Kier molecular flexibility index (Phi) is 20.3. The molecule has 0 aliphatic rings. The first-order chi connectivity index (χ1) is 13.2. The Labute approximate surface area is 185 Å². The summed E-state index contributed by atoms with van der Waals surface area (Å²) in [5.74, 6) is -3.20. The third-order valence-corrected chi connectivity index (χ3v) is 5.86. The summed E-state index contributed by atoms with van der Waals surface area (Å²) in [5.41, 5.74) is 5.71. The molecule has 0 spiro atoms. The highest BCUT2D eigenvalue weighted by molar-refractivity contribution is 5.85. The molecule has 6 heteroatoms. The van der Waals surface area contributed by atoms with E-state index in [1.54, 1.807) is 0 Å². The number of halogens is 1. The number of hydrogen-bond donors (Lipinski definition) is 5. The lowest BCUT2D eigenvalue weighted by molar-refractivity contribution is -0.168. The average Bonchev–Trinajstić information content (AvgIpc) is 2.63. The minimum atomic E-state index is -1.75. The van der Waals surface area contributed by atoms with Crippen molar-refractivity contribution in [2.24, 2.45) is 5.73 Å². The van der Waals surface area contributed by atoms with E-state index in [9.17, 15) is 20.4 Å². The molecule has 1 unspecified atom stereocenters. The highest BCUT2D eigenvalue weighted by Gasteiger charge is 2.24. The summed E-state index contributed by atoms with van der Waals surface area (Å²) >= 11 is 0. The Bertz CT molecular complexity index is 348. The van der Waals surface area contributed by atoms with Gasteiger partial charge in [0.15, 0.2) is 11.6 Å². The fourth-order valence-corrected chi connectivity index (χ4v) is 3.52. The molecule has 0 fully saturated rings. The van der Waals surface area contributed by atoms with Gasteiger partial charge in [-0.25, -0.2) is 0 Å². The quantitative estimate of drug-likeness (QED) is 0.133. The zero-order valence-electron chi connectivity index (χ0n) is 19.1. The number of unbranched alkanes of at least 4 members (excludes halogenated alkanes) is 14. The van der Waals surface area contributed by atoms with Gasteiger partial charge in [0.25, 0.3) is 0 Å². The Morgan fingerprint density at radius 2 is 0.931 bits per heavy atom. The van der Waals surface area contributed by atoms with Crippen LogP contribution in [0.15, 0.2) is 0 Å². The van der Waals surface area contributed by atoms with Crippen molar-refractivity contribution in [3.8, 4) is 0 Å². The fourth-order valence-electron chi connectivity index (χ4n) is 3.52. The van der Waals surface area contributed by atoms with Gasteiger partial charge in [-0.2, -0.15) is 0 Å². The second-order valence-corrected chi connectivity index (χ2v) is 8.88. The Morgan fingerprint density at radius 3 is 1.24 bits per heavy atom. The maximum Gasteiger partial charge on any atom is 0.175 e. The van der Waals surface area contributed by atoms with Crippen molar-refractivity contribution in [1.29, 1.82) is 0 Å². The smallest absolute Gasteiger partial charge is 0.175 e. The van der Waals surface area contributed by atoms with Crippen molar-refractivity contribution in [2.75, 3.05) is 0 Å². The molecule has 1 atom stereocenters. The molecule has 6 N–H and O–H groups in total. The molecule has 0 aliphatic carbocycles. The van der Waals surface area contributed by atoms with Crippen LogP contribution in [0.25, 0.3) is 0 Å². The highest BCUT2D eigenvalue weighted by atomic mass is 35.5. The standard InChI is InChI=1S/C23H49NO4.ClH/c1-3-23(27,28)20-18-16-14-12-10-8-6-4-5-7-9-11-13-15-17-19-21(24)22(2,25)26;/h21,25-28H,3-20,24H2,1-2H3;1H. The summed E-state index contributed by atoms with van der Waals surface area (Å²) in [5, 5.41) is 37.8. The van der Waals surface area contributed by atoms with Gasteiger partial charge in [0, 0.05) is 6.42 Å². The minimum absolute atomic E-state index is 0. The van der Waals surface area contributed by atoms with E-state index in [2.05, 4.69) is 0 Å². The summed E-state index contributed by atoms with van der Waals surface area (Å²) in [6.07, 6.45) is 19.9. The summed E-state index contributed by atoms with van der Waals surface area (Å²) in [4.78, 5) is 0. The van der Waals surface area contributed by atoms with Crippen LogP contribution in [0, 0.1) is 0 Å². The molecule has 0 aliphatic heterocycles. The van der Waals surface area contributed by atoms with Crippen LogP contribution in [-0.4, -0.2) is 38.0 Å². The SMILES string of the molecule is CCC(O)(O)CCCCCCCCCCCCCCCCCC(N)C(C)(O)O.Cl. The molecule has 0 aromatic rings. The van der Waals surface area contributed by atoms with E-state index in [1.807, 2.05) is 6.92 Å². The zero-order valence-corrected chi connectivity index (χ0v) is 19.9. The summed E-state index contributed by atoms with van der Waals surface area (Å²) in [6, 6.07) is -0.547. The molecule has 0 saturated carbocycles. The predicted molar refractivity (Wildman–Crippen MR) is 124 cm³/mol. The lowest BCUT2D eigenvalue weighted by Crippen LogP contribution is -2.45. The first-order valence-corrected chi connectivity index (χ1v) is 11.8. The van der Waals surface area contributed by atoms with Crippen LogP contribution in [0.2, 0.25) is 0 Å². The van der Waals surface area contributed by atoms with E-state index in [4.69, 9.17) is 5.73 Å². The van der Waals surface area contributed by atoms with Crippen molar-refractivity contribution < 1.29 is 20.4 Å². The normalized spacial score (nSPS) is 13.3. The molecule has 0 heterocycles. The molecule has 29 heavy (non-hydrogen) atoms. The number of nitrogens with two attached hydrogens (primary N) is 1. The van der Waals surface area contributed by atoms with Crippen LogP contribution >= 0.6 is 12.4 Å². The van der Waals surface area contributed by atoms with E-state index in [1.165, 1.54) is 77.6 Å². The van der Waals surface area contributed by atoms with Crippen LogP contribution in [-0.2, 0) is 0 Å². The van der Waals surface area contributed by atoms with Gasteiger partial charge in [-0.1, -0.05) is 96.8 Å². The van der Waals surface area contributed by atoms with Crippen molar-refractivity contribution in [3.05, 3.63) is 0 Å². The molecule has 0 amide bonds. The first-order valence-electron chi connectivity index (χ1n) is 11.8. The topological polar surface area (TPSA) is 107 Å². The molecular weight excluding hydrogens is 390 g/mol. The van der Waals surface area contributed by atoms with E-state index in [0.29, 0.717) is 19.3 Å². The lowest BCUT2D eigenvalue weighted by Gasteiger charge is -2.23. The first kappa shape index (κ1) is 31.3. The van der Waals surface area contributed by atoms with E-state index in [0.717, 1.165) is 25.7 Å². The van der Waals surface area contributed by atoms with Gasteiger partial charge in [-0.05, 0) is 26.2 Å². The van der Waals surface area contributed by atoms with Crippen LogP contribution in [0.4, 0.5) is 0 Å². The lowest BCUT2D eigenvalue weighted by atomic mass is 10.0. The molecule has 178 valence electrons. The van der Waals surface area contributed by atoms with Crippen LogP contribution < -0.4 is 5.73 Å². The molecule has 0 bridgehead atoms. The molecule has 0 radical (unpaired) electrons. The minimum Gasteiger partial charge on any atom is -0.366 e. The monoisotopic (exact) mass is 439 g/mol. The second-order valence-electron chi connectivity index (χ2n) is 8.88. The molecular formula is C23H50ClNO4. The number of rotatable bonds is 20. The van der Waals surface area contributed by atoms with Crippen molar-refractivity contribution in [2.45, 2.75) is 147 Å². The van der Waals surface area contributed by atoms with Crippen molar-refractivity contribution in [3.63, 3.8) is 0 Å². The van der Waals surface area contributed by atoms with Gasteiger partial charge >= 0.3 is 0 Å². The highest BCUT2D eigenvalue weighted by Crippen LogP contribution is 2.18. The molecule has 0 saturated heterocycles. The summed E-state index contributed by atoms with van der Waals surface area (Å²) < 4.78 is 0. The van der Waals surface area contributed by atoms with Gasteiger partial charge < -0.3 is 26.2 Å². The molecule has 0 aromatic carbocycles. The zero-order chi connectivity index (χ0) is 21.3. The number of aliphatic hydroxyl groups is 4. The summed E-state index contributed by atoms with van der Waals surface area (Å²) in [7, 11) is 0. The average molecular weight is 440 g/mol. The van der Waals surface area contributed by atoms with Crippen molar-refractivity contribution in [1.82, 2.24) is 0 Å². The van der Waals surface area contributed by atoms with Crippen LogP contribution in [0.3, 0.4) is 0 Å². The van der Waals surface area contributed by atoms with Gasteiger partial charge in [0.1, 0.15) is 0 Å². The second kappa shape index (κ2) is 18.8. The fraction of sp³-hybridized carbons (Fsp3) is 1.00. The van der Waals surface area contributed by atoms with Gasteiger partial charge in [0.05, 0.1) is 6.04 Å². The summed E-state index contributed by atoms with van der Waals surface area (Å²) in [6.45, 7) is 3.16. The van der Waals surface area contributed by atoms with E-state index < -0.39 is 17.6 Å². The number of hydrogen-bond acceptors (Lipinski definition) is 5. The largest absolute Gasteiger partial charge is 0.366 e. The maximum atomic E-state index is 9.52. The maximum absolute atomic E-state index is 9.52. The van der Waals surface area contributed by atoms with E-state index in [-0.39, 0.29) is 12.4 Å². The third kappa shape index (κ3) is 21.1. The van der Waals surface area contributed by atoms with Gasteiger partial charge in [-0.3, -0.25) is 0 Å². The molecule has 0 aromatic heterocycles. The Hall–Kier alpha value is 0.0900. The van der Waals surface area contributed by atoms with Gasteiger partial charge in [0.2, 0.25) is 0 Å². The predicted octanol–water partition coefficient (Wildman–Crippen LogP) is 5.16. The van der Waals surface area contributed by atoms with Crippen LogP contribution in [0.1, 0.15) is 129 Å². The Morgan fingerprint density at radius 1 is 0.621 bits per heavy atom. The van der Waals surface area contributed by atoms with Crippen LogP contribution in [0.5, 0.6) is 0 Å². The Balaban J connectivity index is 0. The van der Waals surface area contributed by atoms with Gasteiger partial charge in [-0.15, -0.1) is 12.4 Å². The van der Waals surface area contributed by atoms with E-state index >= 15 is 0 Å². The molecule has 5 nitrogen and oxygen atoms in total.